The van der Waals surface area contributed by atoms with E-state index in [1.165, 1.54) is 7.11 Å². The average molecular weight is 283 g/mol. The lowest BCUT2D eigenvalue weighted by molar-refractivity contribution is 0.300. The van der Waals surface area contributed by atoms with Crippen LogP contribution in [0.3, 0.4) is 0 Å². The van der Waals surface area contributed by atoms with E-state index in [2.05, 4.69) is 11.1 Å². The molecule has 2 rings (SSSR count). The van der Waals surface area contributed by atoms with Crippen molar-refractivity contribution in [1.82, 2.24) is 4.98 Å². The molecule has 0 amide bonds. The van der Waals surface area contributed by atoms with Crippen LogP contribution in [0.1, 0.15) is 22.5 Å². The van der Waals surface area contributed by atoms with Crippen LogP contribution in [0.25, 0.3) is 0 Å². The Bertz CT molecular complexity index is 678. The molecule has 0 bridgehead atoms. The highest BCUT2D eigenvalue weighted by atomic mass is 16.5. The van der Waals surface area contributed by atoms with Gasteiger partial charge in [-0.3, -0.25) is 4.98 Å². The summed E-state index contributed by atoms with van der Waals surface area (Å²) in [4.78, 5) is 4.35. The summed E-state index contributed by atoms with van der Waals surface area (Å²) >= 11 is 0. The van der Waals surface area contributed by atoms with Gasteiger partial charge in [-0.15, -0.1) is 0 Å². The lowest BCUT2D eigenvalue weighted by Crippen LogP contribution is -2.06. The monoisotopic (exact) mass is 283 g/mol. The second-order valence-corrected chi connectivity index (χ2v) is 4.54. The SMILES string of the molecule is COc1cc(COc2ccc(C)nc2CN)ccc1C#N. The third kappa shape index (κ3) is 3.50. The number of aromatic nitrogens is 1. The van der Waals surface area contributed by atoms with Gasteiger partial charge in [-0.2, -0.15) is 5.26 Å². The molecular formula is C16H17N3O2. The standard InChI is InChI=1S/C16H17N3O2/c1-11-3-6-15(14(9-18)19-11)21-10-12-4-5-13(8-17)16(7-12)20-2/h3-7H,9-10,18H2,1-2H3. The second-order valence-electron chi connectivity index (χ2n) is 4.54. The molecule has 0 spiro atoms. The number of ether oxygens (including phenoxy) is 2. The number of nitrogens with two attached hydrogens (primary N) is 1. The summed E-state index contributed by atoms with van der Waals surface area (Å²) in [5.41, 5.74) is 8.72. The van der Waals surface area contributed by atoms with Crippen molar-refractivity contribution < 1.29 is 9.47 Å². The number of methoxy groups -OCH3 is 1. The number of nitriles is 1. The van der Waals surface area contributed by atoms with Crippen LogP contribution in [0.5, 0.6) is 11.5 Å². The molecule has 1 heterocycles. The van der Waals surface area contributed by atoms with Gasteiger partial charge >= 0.3 is 0 Å². The summed E-state index contributed by atoms with van der Waals surface area (Å²) in [7, 11) is 1.54. The molecule has 0 aliphatic heterocycles. The van der Waals surface area contributed by atoms with Crippen LogP contribution < -0.4 is 15.2 Å². The molecule has 0 fully saturated rings. The third-order valence-corrected chi connectivity index (χ3v) is 3.05. The fourth-order valence-electron chi connectivity index (χ4n) is 1.95. The maximum Gasteiger partial charge on any atom is 0.142 e. The topological polar surface area (TPSA) is 81.2 Å². The molecule has 21 heavy (non-hydrogen) atoms. The zero-order chi connectivity index (χ0) is 15.2. The fourth-order valence-corrected chi connectivity index (χ4v) is 1.95. The van der Waals surface area contributed by atoms with Crippen LogP contribution in [0.15, 0.2) is 30.3 Å². The van der Waals surface area contributed by atoms with Crippen molar-refractivity contribution in [2.45, 2.75) is 20.1 Å². The molecule has 0 aliphatic rings. The van der Waals surface area contributed by atoms with Crippen LogP contribution in [-0.4, -0.2) is 12.1 Å². The highest BCUT2D eigenvalue weighted by molar-refractivity contribution is 5.45. The van der Waals surface area contributed by atoms with E-state index >= 15 is 0 Å². The van der Waals surface area contributed by atoms with Crippen molar-refractivity contribution in [2.24, 2.45) is 5.73 Å². The molecule has 0 aliphatic carbocycles. The van der Waals surface area contributed by atoms with Gasteiger partial charge in [-0.1, -0.05) is 6.07 Å². The fraction of sp³-hybridized carbons (Fsp3) is 0.250. The highest BCUT2D eigenvalue weighted by Crippen LogP contribution is 2.22. The summed E-state index contributed by atoms with van der Waals surface area (Å²) in [6, 6.07) is 11.2. The molecule has 5 nitrogen and oxygen atoms in total. The predicted molar refractivity (Wildman–Crippen MR) is 78.9 cm³/mol. The Morgan fingerprint density at radius 3 is 2.71 bits per heavy atom. The van der Waals surface area contributed by atoms with Gasteiger partial charge in [0.25, 0.3) is 0 Å². The van der Waals surface area contributed by atoms with Gasteiger partial charge in [-0.05, 0) is 36.8 Å². The van der Waals surface area contributed by atoms with Crippen molar-refractivity contribution in [3.63, 3.8) is 0 Å². The Kier molecular flexibility index (Phi) is 4.75. The molecule has 0 atom stereocenters. The van der Waals surface area contributed by atoms with Gasteiger partial charge in [0.2, 0.25) is 0 Å². The maximum atomic E-state index is 8.96. The summed E-state index contributed by atoms with van der Waals surface area (Å²) in [6.07, 6.45) is 0. The minimum atomic E-state index is 0.327. The second kappa shape index (κ2) is 6.73. The highest BCUT2D eigenvalue weighted by Gasteiger charge is 2.07. The van der Waals surface area contributed by atoms with Crippen molar-refractivity contribution >= 4 is 0 Å². The van der Waals surface area contributed by atoms with Crippen LogP contribution in [0.2, 0.25) is 0 Å². The summed E-state index contributed by atoms with van der Waals surface area (Å²) < 4.78 is 10.9. The van der Waals surface area contributed by atoms with Gasteiger partial charge in [-0.25, -0.2) is 0 Å². The van der Waals surface area contributed by atoms with Gasteiger partial charge in [0.15, 0.2) is 0 Å². The van der Waals surface area contributed by atoms with E-state index in [4.69, 9.17) is 20.5 Å². The summed E-state index contributed by atoms with van der Waals surface area (Å²) in [5, 5.41) is 8.96. The predicted octanol–water partition coefficient (Wildman–Crippen LogP) is 2.31. The summed E-state index contributed by atoms with van der Waals surface area (Å²) in [5.74, 6) is 1.21. The van der Waals surface area contributed by atoms with Crippen molar-refractivity contribution in [3.05, 3.63) is 52.8 Å². The number of pyridine rings is 1. The van der Waals surface area contributed by atoms with E-state index < -0.39 is 0 Å². The first-order valence-corrected chi connectivity index (χ1v) is 6.54. The lowest BCUT2D eigenvalue weighted by Gasteiger charge is -2.11. The van der Waals surface area contributed by atoms with Gasteiger partial charge in [0, 0.05) is 12.2 Å². The molecule has 0 radical (unpaired) electrons. The Morgan fingerprint density at radius 1 is 1.24 bits per heavy atom. The number of hydrogen-bond donors (Lipinski definition) is 1. The van der Waals surface area contributed by atoms with E-state index in [0.717, 1.165) is 17.0 Å². The molecule has 2 N–H and O–H groups in total. The van der Waals surface area contributed by atoms with Crippen LogP contribution >= 0.6 is 0 Å². The maximum absolute atomic E-state index is 8.96. The van der Waals surface area contributed by atoms with Crippen LogP contribution in [-0.2, 0) is 13.2 Å². The van der Waals surface area contributed by atoms with Crippen LogP contribution in [0, 0.1) is 18.3 Å². The largest absolute Gasteiger partial charge is 0.495 e. The third-order valence-electron chi connectivity index (χ3n) is 3.05. The Morgan fingerprint density at radius 2 is 2.05 bits per heavy atom. The van der Waals surface area contributed by atoms with Crippen LogP contribution in [0.4, 0.5) is 0 Å². The van der Waals surface area contributed by atoms with E-state index in [1.807, 2.05) is 25.1 Å². The van der Waals surface area contributed by atoms with E-state index in [9.17, 15) is 0 Å². The minimum absolute atomic E-state index is 0.327. The number of aryl methyl sites for hydroxylation is 1. The molecule has 5 heteroatoms. The van der Waals surface area contributed by atoms with Gasteiger partial charge < -0.3 is 15.2 Å². The first-order valence-electron chi connectivity index (χ1n) is 6.54. The molecule has 0 unspecified atom stereocenters. The normalized spacial score (nSPS) is 10.0. The lowest BCUT2D eigenvalue weighted by atomic mass is 10.1. The zero-order valence-electron chi connectivity index (χ0n) is 12.1. The Balaban J connectivity index is 2.15. The number of nitrogens with zero attached hydrogens (tertiary/aromatic N) is 2. The molecule has 1 aromatic carbocycles. The number of rotatable bonds is 5. The molecule has 2 aromatic rings. The number of hydrogen-bond acceptors (Lipinski definition) is 5. The van der Waals surface area contributed by atoms with Gasteiger partial charge in [0.1, 0.15) is 24.2 Å². The molecule has 0 saturated carbocycles. The molecule has 108 valence electrons. The van der Waals surface area contributed by atoms with Crippen molar-refractivity contribution in [1.29, 1.82) is 5.26 Å². The average Bonchev–Trinajstić information content (AvgIpc) is 2.53. The molecule has 0 saturated heterocycles. The van der Waals surface area contributed by atoms with E-state index in [1.54, 1.807) is 12.1 Å². The molecular weight excluding hydrogens is 266 g/mol. The number of benzene rings is 1. The quantitative estimate of drug-likeness (QED) is 0.910. The smallest absolute Gasteiger partial charge is 0.142 e. The summed E-state index contributed by atoms with van der Waals surface area (Å²) in [6.45, 7) is 2.60. The first-order chi connectivity index (χ1) is 10.2. The van der Waals surface area contributed by atoms with E-state index in [0.29, 0.717) is 30.2 Å². The van der Waals surface area contributed by atoms with Crippen molar-refractivity contribution in [3.8, 4) is 17.6 Å². The van der Waals surface area contributed by atoms with Crippen molar-refractivity contribution in [2.75, 3.05) is 7.11 Å². The minimum Gasteiger partial charge on any atom is -0.495 e. The Hall–Kier alpha value is -2.58. The van der Waals surface area contributed by atoms with Gasteiger partial charge in [0.05, 0.1) is 18.4 Å². The first kappa shape index (κ1) is 14.8. The van der Waals surface area contributed by atoms with E-state index in [-0.39, 0.29) is 0 Å². The zero-order valence-corrected chi connectivity index (χ0v) is 12.1. The molecule has 1 aromatic heterocycles. The Labute approximate surface area is 123 Å².